The van der Waals surface area contributed by atoms with E-state index < -0.39 is 11.8 Å². The fourth-order valence-electron chi connectivity index (χ4n) is 2.37. The largest absolute Gasteiger partial charge is 0.491 e. The minimum atomic E-state index is -0.435. The number of nitrogens with one attached hydrogen (secondary N) is 3. The van der Waals surface area contributed by atoms with Gasteiger partial charge >= 0.3 is 0 Å². The van der Waals surface area contributed by atoms with E-state index in [1.165, 1.54) is 5.56 Å². The summed E-state index contributed by atoms with van der Waals surface area (Å²) in [4.78, 5) is 24.2. The molecule has 3 N–H and O–H groups in total. The summed E-state index contributed by atoms with van der Waals surface area (Å²) in [6.07, 6.45) is 1.84. The van der Waals surface area contributed by atoms with Crippen molar-refractivity contribution in [3.05, 3.63) is 59.7 Å². The van der Waals surface area contributed by atoms with E-state index in [-0.39, 0.29) is 17.8 Å². The molecule has 2 aromatic carbocycles. The van der Waals surface area contributed by atoms with Crippen LogP contribution in [0.4, 0.5) is 0 Å². The molecule has 8 heteroatoms. The Bertz CT molecular complexity index is 871. The van der Waals surface area contributed by atoms with Crippen LogP contribution in [0.15, 0.2) is 48.5 Å². The number of rotatable bonds is 8. The molecule has 160 valence electrons. The average molecular weight is 430 g/mol. The lowest BCUT2D eigenvalue weighted by molar-refractivity contribution is -0.123. The van der Waals surface area contributed by atoms with Crippen molar-refractivity contribution in [1.82, 2.24) is 16.2 Å². The summed E-state index contributed by atoms with van der Waals surface area (Å²) < 4.78 is 11.1. The van der Waals surface area contributed by atoms with Crippen molar-refractivity contribution in [2.24, 2.45) is 0 Å². The number of ether oxygens (including phenoxy) is 2. The topological polar surface area (TPSA) is 88.7 Å². The van der Waals surface area contributed by atoms with Crippen LogP contribution < -0.4 is 25.6 Å². The minimum Gasteiger partial charge on any atom is -0.491 e. The SMILES string of the molecule is CCc1ccc(OCC(=O)NNC(=S)NC(=O)c2cccc(OC(C)CC)c2)cc1. The van der Waals surface area contributed by atoms with Gasteiger partial charge in [0.15, 0.2) is 11.7 Å². The highest BCUT2D eigenvalue weighted by atomic mass is 32.1. The molecule has 0 aliphatic heterocycles. The summed E-state index contributed by atoms with van der Waals surface area (Å²) in [7, 11) is 0. The first-order valence-electron chi connectivity index (χ1n) is 9.79. The Morgan fingerprint density at radius 3 is 2.43 bits per heavy atom. The maximum absolute atomic E-state index is 12.3. The molecule has 2 aromatic rings. The number of carbonyl (C=O) groups excluding carboxylic acids is 2. The second kappa shape index (κ2) is 11.8. The normalized spacial score (nSPS) is 11.2. The third-order valence-corrected chi connectivity index (χ3v) is 4.46. The summed E-state index contributed by atoms with van der Waals surface area (Å²) in [5, 5.41) is 2.47. The Morgan fingerprint density at radius 2 is 1.77 bits per heavy atom. The molecular weight excluding hydrogens is 402 g/mol. The van der Waals surface area contributed by atoms with Gasteiger partial charge in [0, 0.05) is 5.56 Å². The number of amides is 2. The first-order chi connectivity index (χ1) is 14.4. The highest BCUT2D eigenvalue weighted by Crippen LogP contribution is 2.16. The lowest BCUT2D eigenvalue weighted by Gasteiger charge is -2.14. The average Bonchev–Trinajstić information content (AvgIpc) is 2.76. The highest BCUT2D eigenvalue weighted by Gasteiger charge is 2.11. The van der Waals surface area contributed by atoms with Crippen LogP contribution in [-0.4, -0.2) is 29.6 Å². The molecule has 0 radical (unpaired) electrons. The van der Waals surface area contributed by atoms with Crippen molar-refractivity contribution in [1.29, 1.82) is 0 Å². The van der Waals surface area contributed by atoms with Crippen molar-refractivity contribution < 1.29 is 19.1 Å². The van der Waals surface area contributed by atoms with Crippen LogP contribution in [0.2, 0.25) is 0 Å². The van der Waals surface area contributed by atoms with E-state index in [1.54, 1.807) is 24.3 Å². The van der Waals surface area contributed by atoms with Crippen LogP contribution in [0.1, 0.15) is 43.1 Å². The minimum absolute atomic E-state index is 0.0334. The summed E-state index contributed by atoms with van der Waals surface area (Å²) in [5.41, 5.74) is 6.45. The van der Waals surface area contributed by atoms with Gasteiger partial charge < -0.3 is 9.47 Å². The second-order valence-electron chi connectivity index (χ2n) is 6.61. The summed E-state index contributed by atoms with van der Waals surface area (Å²) in [6, 6.07) is 14.3. The fraction of sp³-hybridized carbons (Fsp3) is 0.318. The maximum Gasteiger partial charge on any atom is 0.276 e. The van der Waals surface area contributed by atoms with Gasteiger partial charge in [0.05, 0.1) is 6.10 Å². The van der Waals surface area contributed by atoms with Gasteiger partial charge in [0.1, 0.15) is 11.5 Å². The van der Waals surface area contributed by atoms with E-state index in [2.05, 4.69) is 23.1 Å². The van der Waals surface area contributed by atoms with Gasteiger partial charge in [-0.3, -0.25) is 25.8 Å². The number of hydrazine groups is 1. The first kappa shape index (κ1) is 23.2. The number of benzene rings is 2. The lowest BCUT2D eigenvalue weighted by Crippen LogP contribution is -2.49. The zero-order valence-electron chi connectivity index (χ0n) is 17.4. The molecule has 0 aliphatic rings. The predicted octanol–water partition coefficient (Wildman–Crippen LogP) is 3.14. The molecule has 0 spiro atoms. The zero-order valence-corrected chi connectivity index (χ0v) is 18.2. The van der Waals surface area contributed by atoms with Gasteiger partial charge in [-0.15, -0.1) is 0 Å². The third kappa shape index (κ3) is 7.71. The third-order valence-electron chi connectivity index (χ3n) is 4.25. The maximum atomic E-state index is 12.3. The Morgan fingerprint density at radius 1 is 1.03 bits per heavy atom. The monoisotopic (exact) mass is 429 g/mol. The van der Waals surface area contributed by atoms with E-state index in [4.69, 9.17) is 21.7 Å². The van der Waals surface area contributed by atoms with E-state index in [9.17, 15) is 9.59 Å². The number of carbonyl (C=O) groups is 2. The molecule has 0 aromatic heterocycles. The quantitative estimate of drug-likeness (QED) is 0.441. The summed E-state index contributed by atoms with van der Waals surface area (Å²) in [6.45, 7) is 5.85. The zero-order chi connectivity index (χ0) is 21.9. The molecule has 0 aliphatic carbocycles. The van der Waals surface area contributed by atoms with Crippen molar-refractivity contribution in [3.8, 4) is 11.5 Å². The van der Waals surface area contributed by atoms with Gasteiger partial charge in [-0.25, -0.2) is 0 Å². The van der Waals surface area contributed by atoms with E-state index in [0.717, 1.165) is 12.8 Å². The highest BCUT2D eigenvalue weighted by molar-refractivity contribution is 7.80. The van der Waals surface area contributed by atoms with Gasteiger partial charge in [-0.2, -0.15) is 0 Å². The molecule has 0 bridgehead atoms. The van der Waals surface area contributed by atoms with Gasteiger partial charge in [0.25, 0.3) is 11.8 Å². The first-order valence-corrected chi connectivity index (χ1v) is 10.2. The molecule has 7 nitrogen and oxygen atoms in total. The van der Waals surface area contributed by atoms with Crippen LogP contribution in [0, 0.1) is 0 Å². The van der Waals surface area contributed by atoms with Gasteiger partial charge in [-0.1, -0.05) is 32.0 Å². The molecule has 1 atom stereocenters. The van der Waals surface area contributed by atoms with Crippen LogP contribution in [0.5, 0.6) is 11.5 Å². The van der Waals surface area contributed by atoms with Crippen LogP contribution in [-0.2, 0) is 11.2 Å². The molecule has 0 saturated carbocycles. The Kier molecular flexibility index (Phi) is 9.08. The van der Waals surface area contributed by atoms with E-state index >= 15 is 0 Å². The molecule has 2 rings (SSSR count). The molecular formula is C22H27N3O4S. The molecule has 2 amide bonds. The standard InChI is InChI=1S/C22H27N3O4S/c1-4-15(3)29-19-8-6-7-17(13-19)21(27)23-22(30)25-24-20(26)14-28-18-11-9-16(5-2)10-12-18/h6-13,15H,4-5,14H2,1-3H3,(H,24,26)(H2,23,25,27,30). The predicted molar refractivity (Wildman–Crippen MR) is 119 cm³/mol. The Balaban J connectivity index is 1.76. The fourth-order valence-corrected chi connectivity index (χ4v) is 2.51. The molecule has 0 heterocycles. The molecule has 0 fully saturated rings. The summed E-state index contributed by atoms with van der Waals surface area (Å²) >= 11 is 5.05. The van der Waals surface area contributed by atoms with Crippen LogP contribution in [0.3, 0.4) is 0 Å². The second-order valence-corrected chi connectivity index (χ2v) is 7.02. The lowest BCUT2D eigenvalue weighted by atomic mass is 10.2. The van der Waals surface area contributed by atoms with E-state index in [1.807, 2.05) is 38.1 Å². The Hall–Kier alpha value is -3.13. The van der Waals surface area contributed by atoms with Gasteiger partial charge in [-0.05, 0) is 67.9 Å². The number of hydrogen-bond acceptors (Lipinski definition) is 5. The molecule has 0 saturated heterocycles. The van der Waals surface area contributed by atoms with Crippen molar-refractivity contribution >= 4 is 29.1 Å². The van der Waals surface area contributed by atoms with E-state index in [0.29, 0.717) is 17.1 Å². The Labute approximate surface area is 182 Å². The van der Waals surface area contributed by atoms with Crippen LogP contribution >= 0.6 is 12.2 Å². The number of hydrogen-bond donors (Lipinski definition) is 3. The van der Waals surface area contributed by atoms with Crippen LogP contribution in [0.25, 0.3) is 0 Å². The summed E-state index contributed by atoms with van der Waals surface area (Å²) in [5.74, 6) is 0.352. The van der Waals surface area contributed by atoms with Crippen molar-refractivity contribution in [2.45, 2.75) is 39.7 Å². The van der Waals surface area contributed by atoms with Gasteiger partial charge in [0.2, 0.25) is 0 Å². The number of thiocarbonyl (C=S) groups is 1. The molecule has 30 heavy (non-hydrogen) atoms. The van der Waals surface area contributed by atoms with Crippen molar-refractivity contribution in [2.75, 3.05) is 6.61 Å². The van der Waals surface area contributed by atoms with Crippen molar-refractivity contribution in [3.63, 3.8) is 0 Å². The smallest absolute Gasteiger partial charge is 0.276 e. The molecule has 1 unspecified atom stereocenters. The number of aryl methyl sites for hydroxylation is 1.